The van der Waals surface area contributed by atoms with E-state index in [9.17, 15) is 0 Å². The zero-order valence-corrected chi connectivity index (χ0v) is 13.1. The first-order valence-corrected chi connectivity index (χ1v) is 7.09. The van der Waals surface area contributed by atoms with E-state index in [0.29, 0.717) is 0 Å². The molecule has 3 N–H and O–H groups in total. The number of anilines is 2. The number of aromatic nitrogens is 1. The van der Waals surface area contributed by atoms with Crippen LogP contribution in [-0.4, -0.2) is 10.5 Å². The molecule has 0 bridgehead atoms. The van der Waals surface area contributed by atoms with Gasteiger partial charge in [-0.15, -0.1) is 0 Å². The van der Waals surface area contributed by atoms with E-state index in [1.807, 2.05) is 30.5 Å². The fourth-order valence-corrected chi connectivity index (χ4v) is 2.98. The van der Waals surface area contributed by atoms with Crippen molar-refractivity contribution < 1.29 is 0 Å². The minimum Gasteiger partial charge on any atom is -0.399 e. The first-order chi connectivity index (χ1) is 9.16. The Morgan fingerprint density at radius 3 is 2.45 bits per heavy atom. The number of benzene rings is 1. The van der Waals surface area contributed by atoms with Crippen LogP contribution in [-0.2, 0) is 0 Å². The van der Waals surface area contributed by atoms with Gasteiger partial charge in [-0.1, -0.05) is 26.8 Å². The highest BCUT2D eigenvalue weighted by molar-refractivity contribution is 5.94. The van der Waals surface area contributed by atoms with Crippen LogP contribution in [0.1, 0.15) is 41.0 Å². The van der Waals surface area contributed by atoms with Gasteiger partial charge in [0.15, 0.2) is 0 Å². The molecule has 3 heteroatoms. The van der Waals surface area contributed by atoms with Crippen LogP contribution in [0.25, 0.3) is 10.8 Å². The molecule has 2 rings (SSSR count). The summed E-state index contributed by atoms with van der Waals surface area (Å²) in [4.78, 5) is 4.50. The van der Waals surface area contributed by atoms with Crippen molar-refractivity contribution in [2.75, 3.05) is 11.1 Å². The molecule has 0 saturated heterocycles. The standard InChI is InChI=1S/C17H25N3/c1-16(2,3)11-17(4,5)20-15-14-10-13(18)7-6-12(14)8-9-19-15/h6-10H,11,18H2,1-5H3,(H,19,20). The summed E-state index contributed by atoms with van der Waals surface area (Å²) in [5.74, 6) is 0.907. The number of pyridine rings is 1. The molecule has 0 fully saturated rings. The third-order valence-electron chi connectivity index (χ3n) is 3.22. The lowest BCUT2D eigenvalue weighted by Gasteiger charge is -2.34. The number of fused-ring (bicyclic) bond motifs is 1. The zero-order chi connectivity index (χ0) is 15.0. The number of nitrogens with zero attached hydrogens (tertiary/aromatic N) is 1. The Morgan fingerprint density at radius 1 is 1.10 bits per heavy atom. The minimum absolute atomic E-state index is 0.0237. The molecule has 1 aromatic carbocycles. The largest absolute Gasteiger partial charge is 0.399 e. The van der Waals surface area contributed by atoms with Crippen LogP contribution < -0.4 is 11.1 Å². The first kappa shape index (κ1) is 14.6. The summed E-state index contributed by atoms with van der Waals surface area (Å²) in [6, 6.07) is 7.95. The quantitative estimate of drug-likeness (QED) is 0.811. The Balaban J connectivity index is 2.36. The van der Waals surface area contributed by atoms with Gasteiger partial charge < -0.3 is 11.1 Å². The fraction of sp³-hybridized carbons (Fsp3) is 0.471. The van der Waals surface area contributed by atoms with Crippen molar-refractivity contribution in [3.05, 3.63) is 30.5 Å². The molecule has 0 radical (unpaired) electrons. The van der Waals surface area contributed by atoms with Gasteiger partial charge in [0.25, 0.3) is 0 Å². The van der Waals surface area contributed by atoms with E-state index in [2.05, 4.69) is 44.9 Å². The van der Waals surface area contributed by atoms with Gasteiger partial charge in [0.1, 0.15) is 5.82 Å². The van der Waals surface area contributed by atoms with Crippen molar-refractivity contribution in [1.29, 1.82) is 0 Å². The van der Waals surface area contributed by atoms with Crippen molar-refractivity contribution in [1.82, 2.24) is 4.98 Å². The summed E-state index contributed by atoms with van der Waals surface area (Å²) in [5.41, 5.74) is 6.91. The van der Waals surface area contributed by atoms with Gasteiger partial charge in [-0.05, 0) is 49.3 Å². The van der Waals surface area contributed by atoms with Gasteiger partial charge >= 0.3 is 0 Å². The van der Waals surface area contributed by atoms with E-state index in [4.69, 9.17) is 5.73 Å². The lowest BCUT2D eigenvalue weighted by molar-refractivity contribution is 0.302. The van der Waals surface area contributed by atoms with Gasteiger partial charge in [-0.3, -0.25) is 0 Å². The molecule has 0 saturated carbocycles. The zero-order valence-electron chi connectivity index (χ0n) is 13.1. The molecule has 0 aliphatic carbocycles. The fourth-order valence-electron chi connectivity index (χ4n) is 2.98. The van der Waals surface area contributed by atoms with Crippen LogP contribution in [0.2, 0.25) is 0 Å². The Labute approximate surface area is 121 Å². The van der Waals surface area contributed by atoms with E-state index in [0.717, 1.165) is 28.7 Å². The Hall–Kier alpha value is -1.77. The van der Waals surface area contributed by atoms with Crippen molar-refractivity contribution in [3.63, 3.8) is 0 Å². The third kappa shape index (κ3) is 3.62. The molecular formula is C17H25N3. The highest BCUT2D eigenvalue weighted by Gasteiger charge is 2.26. The molecule has 3 nitrogen and oxygen atoms in total. The number of nitrogen functional groups attached to an aromatic ring is 1. The second-order valence-electron chi connectivity index (χ2n) is 7.39. The molecule has 0 spiro atoms. The summed E-state index contributed by atoms with van der Waals surface area (Å²) >= 11 is 0. The van der Waals surface area contributed by atoms with E-state index in [-0.39, 0.29) is 11.0 Å². The Bertz CT molecular complexity index is 609. The van der Waals surface area contributed by atoms with Crippen LogP contribution in [0.15, 0.2) is 30.5 Å². The van der Waals surface area contributed by atoms with Gasteiger partial charge in [0, 0.05) is 22.8 Å². The predicted molar refractivity (Wildman–Crippen MR) is 87.9 cm³/mol. The summed E-state index contributed by atoms with van der Waals surface area (Å²) < 4.78 is 0. The Kier molecular flexibility index (Phi) is 3.63. The summed E-state index contributed by atoms with van der Waals surface area (Å²) in [7, 11) is 0. The normalized spacial score (nSPS) is 12.7. The van der Waals surface area contributed by atoms with E-state index in [1.165, 1.54) is 0 Å². The SMILES string of the molecule is CC(C)(C)CC(C)(C)Nc1nccc2ccc(N)cc12. The van der Waals surface area contributed by atoms with Crippen LogP contribution in [0.3, 0.4) is 0 Å². The molecule has 0 aliphatic heterocycles. The van der Waals surface area contributed by atoms with E-state index in [1.54, 1.807) is 0 Å². The number of hydrogen-bond donors (Lipinski definition) is 2. The molecule has 2 aromatic rings. The number of hydrogen-bond acceptors (Lipinski definition) is 3. The van der Waals surface area contributed by atoms with E-state index < -0.39 is 0 Å². The van der Waals surface area contributed by atoms with Crippen LogP contribution in [0, 0.1) is 5.41 Å². The lowest BCUT2D eigenvalue weighted by Crippen LogP contribution is -2.35. The molecule has 0 aliphatic rings. The average molecular weight is 271 g/mol. The highest BCUT2D eigenvalue weighted by Crippen LogP contribution is 2.31. The molecule has 108 valence electrons. The smallest absolute Gasteiger partial charge is 0.134 e. The first-order valence-electron chi connectivity index (χ1n) is 7.09. The van der Waals surface area contributed by atoms with Crippen molar-refractivity contribution in [2.24, 2.45) is 5.41 Å². The monoisotopic (exact) mass is 271 g/mol. The average Bonchev–Trinajstić information content (AvgIpc) is 2.26. The van der Waals surface area contributed by atoms with Gasteiger partial charge in [-0.25, -0.2) is 4.98 Å². The maximum Gasteiger partial charge on any atom is 0.134 e. The summed E-state index contributed by atoms with van der Waals surface area (Å²) in [6.45, 7) is 11.2. The van der Waals surface area contributed by atoms with Crippen LogP contribution in [0.5, 0.6) is 0 Å². The molecule has 0 unspecified atom stereocenters. The molecular weight excluding hydrogens is 246 g/mol. The maximum absolute atomic E-state index is 5.90. The Morgan fingerprint density at radius 2 is 1.80 bits per heavy atom. The molecule has 0 amide bonds. The summed E-state index contributed by atoms with van der Waals surface area (Å²) in [6.07, 6.45) is 2.90. The summed E-state index contributed by atoms with van der Waals surface area (Å²) in [5, 5.41) is 5.81. The minimum atomic E-state index is -0.0237. The van der Waals surface area contributed by atoms with E-state index >= 15 is 0 Å². The highest BCUT2D eigenvalue weighted by atomic mass is 15.0. The van der Waals surface area contributed by atoms with Crippen molar-refractivity contribution >= 4 is 22.3 Å². The number of rotatable bonds is 3. The number of nitrogens with two attached hydrogens (primary N) is 1. The second-order valence-corrected chi connectivity index (χ2v) is 7.39. The predicted octanol–water partition coefficient (Wildman–Crippen LogP) is 4.44. The molecule has 20 heavy (non-hydrogen) atoms. The number of nitrogens with one attached hydrogen (secondary N) is 1. The molecule has 0 atom stereocenters. The van der Waals surface area contributed by atoms with Crippen LogP contribution in [0.4, 0.5) is 11.5 Å². The maximum atomic E-state index is 5.90. The van der Waals surface area contributed by atoms with Crippen LogP contribution >= 0.6 is 0 Å². The van der Waals surface area contributed by atoms with Gasteiger partial charge in [0.2, 0.25) is 0 Å². The lowest BCUT2D eigenvalue weighted by atomic mass is 9.82. The van der Waals surface area contributed by atoms with Crippen molar-refractivity contribution in [3.8, 4) is 0 Å². The molecule has 1 aromatic heterocycles. The van der Waals surface area contributed by atoms with Crippen molar-refractivity contribution in [2.45, 2.75) is 46.6 Å². The van der Waals surface area contributed by atoms with Gasteiger partial charge in [0.05, 0.1) is 0 Å². The van der Waals surface area contributed by atoms with Gasteiger partial charge in [-0.2, -0.15) is 0 Å². The second kappa shape index (κ2) is 4.97. The topological polar surface area (TPSA) is 50.9 Å². The molecule has 1 heterocycles. The third-order valence-corrected chi connectivity index (χ3v) is 3.22.